The number of piperidine rings is 1. The molecule has 1 atom stereocenters. The molecule has 8 nitrogen and oxygen atoms in total. The highest BCUT2D eigenvalue weighted by molar-refractivity contribution is 5.85. The number of likely N-dealkylation sites (tertiary alicyclic amines) is 1. The minimum atomic E-state index is -0.432. The van der Waals surface area contributed by atoms with Crippen LogP contribution in [0.4, 0.5) is 10.2 Å². The van der Waals surface area contributed by atoms with Gasteiger partial charge in [0, 0.05) is 50.2 Å². The van der Waals surface area contributed by atoms with Crippen molar-refractivity contribution in [2.24, 2.45) is 0 Å². The average Bonchev–Trinajstić information content (AvgIpc) is 2.87. The van der Waals surface area contributed by atoms with E-state index in [0.717, 1.165) is 37.1 Å². The van der Waals surface area contributed by atoms with Gasteiger partial charge in [-0.05, 0) is 31.0 Å². The third-order valence-electron chi connectivity index (χ3n) is 6.98. The molecule has 0 N–H and O–H groups in total. The lowest BCUT2D eigenvalue weighted by atomic mass is 10.0. The molecule has 6 rings (SSSR count). The predicted octanol–water partition coefficient (Wildman–Crippen LogP) is 3.31. The second-order valence-electron chi connectivity index (χ2n) is 8.96. The lowest BCUT2D eigenvalue weighted by Crippen LogP contribution is -2.47. The fourth-order valence-corrected chi connectivity index (χ4v) is 5.15. The molecule has 3 aliphatic rings. The van der Waals surface area contributed by atoms with Gasteiger partial charge in [0.15, 0.2) is 23.1 Å². The quantitative estimate of drug-likeness (QED) is 0.587. The molecule has 0 bridgehead atoms. The monoisotopic (exact) mass is 464 g/mol. The van der Waals surface area contributed by atoms with Crippen LogP contribution in [0.2, 0.25) is 0 Å². The van der Waals surface area contributed by atoms with E-state index in [2.05, 4.69) is 21.8 Å². The van der Waals surface area contributed by atoms with Gasteiger partial charge >= 0.3 is 0 Å². The average molecular weight is 464 g/mol. The molecule has 1 saturated heterocycles. The van der Waals surface area contributed by atoms with Crippen molar-refractivity contribution in [3.8, 4) is 17.2 Å². The van der Waals surface area contributed by atoms with E-state index in [1.165, 1.54) is 18.6 Å². The van der Waals surface area contributed by atoms with E-state index in [0.29, 0.717) is 29.6 Å². The molecule has 1 unspecified atom stereocenters. The van der Waals surface area contributed by atoms with Crippen LogP contribution in [0.3, 0.4) is 0 Å². The number of ether oxygens (including phenoxy) is 3. The van der Waals surface area contributed by atoms with Crippen LogP contribution in [0.15, 0.2) is 53.8 Å². The summed E-state index contributed by atoms with van der Waals surface area (Å²) < 4.78 is 32.8. The van der Waals surface area contributed by atoms with E-state index in [-0.39, 0.29) is 24.0 Å². The molecule has 9 heteroatoms. The maximum atomic E-state index is 14.3. The van der Waals surface area contributed by atoms with Gasteiger partial charge in [-0.25, -0.2) is 9.37 Å². The minimum Gasteiger partial charge on any atom is -0.486 e. The summed E-state index contributed by atoms with van der Waals surface area (Å²) in [5, 5.41) is 0.809. The molecule has 176 valence electrons. The standard InChI is InChI=1S/C25H25FN4O4/c1-28(22-12-20-21(13-27-22)33-11-10-32-20)17-6-8-29(9-7-17)14-18-15-34-25-19(26)4-2-16-3-5-23(31)30(18)24(16)25/h2-5,10-13,17-18H,6-9,14-15H2,1H3. The molecule has 1 aromatic carbocycles. The van der Waals surface area contributed by atoms with Gasteiger partial charge < -0.3 is 24.0 Å². The van der Waals surface area contributed by atoms with E-state index in [1.54, 1.807) is 29.0 Å². The molecule has 0 spiro atoms. The Labute approximate surface area is 195 Å². The highest BCUT2D eigenvalue weighted by Crippen LogP contribution is 2.35. The normalized spacial score (nSPS) is 19.8. The number of aromatic nitrogens is 2. The first kappa shape index (κ1) is 21.0. The van der Waals surface area contributed by atoms with Crippen molar-refractivity contribution in [2.45, 2.75) is 24.9 Å². The number of hydrogen-bond acceptors (Lipinski definition) is 7. The first-order valence-electron chi connectivity index (χ1n) is 11.5. The van der Waals surface area contributed by atoms with Crippen molar-refractivity contribution in [2.75, 3.05) is 38.2 Å². The number of pyridine rings is 2. The summed E-state index contributed by atoms with van der Waals surface area (Å²) in [6.45, 7) is 2.74. The van der Waals surface area contributed by atoms with E-state index in [4.69, 9.17) is 14.2 Å². The van der Waals surface area contributed by atoms with Gasteiger partial charge in [0.1, 0.15) is 24.9 Å². The molecular weight excluding hydrogens is 439 g/mol. The van der Waals surface area contributed by atoms with Gasteiger partial charge in [-0.2, -0.15) is 0 Å². The molecular formula is C25H25FN4O4. The Bertz CT molecular complexity index is 1330. The maximum Gasteiger partial charge on any atom is 0.251 e. The van der Waals surface area contributed by atoms with Gasteiger partial charge in [-0.15, -0.1) is 0 Å². The molecule has 0 amide bonds. The largest absolute Gasteiger partial charge is 0.486 e. The van der Waals surface area contributed by atoms with Gasteiger partial charge in [0.25, 0.3) is 5.56 Å². The lowest BCUT2D eigenvalue weighted by molar-refractivity contribution is 0.142. The topological polar surface area (TPSA) is 69.1 Å². The predicted molar refractivity (Wildman–Crippen MR) is 125 cm³/mol. The van der Waals surface area contributed by atoms with Crippen LogP contribution >= 0.6 is 0 Å². The molecule has 2 aromatic heterocycles. The molecule has 0 saturated carbocycles. The smallest absolute Gasteiger partial charge is 0.251 e. The lowest BCUT2D eigenvalue weighted by Gasteiger charge is -2.39. The molecule has 0 aliphatic carbocycles. The first-order valence-corrected chi connectivity index (χ1v) is 11.5. The Balaban J connectivity index is 1.15. The Hall–Kier alpha value is -3.59. The van der Waals surface area contributed by atoms with E-state index in [9.17, 15) is 9.18 Å². The Morgan fingerprint density at radius 1 is 1.12 bits per heavy atom. The summed E-state index contributed by atoms with van der Waals surface area (Å²) in [4.78, 5) is 21.8. The van der Waals surface area contributed by atoms with Gasteiger partial charge in [0.05, 0.1) is 17.8 Å². The summed E-state index contributed by atoms with van der Waals surface area (Å²) in [6.07, 6.45) is 6.61. The second-order valence-corrected chi connectivity index (χ2v) is 8.96. The van der Waals surface area contributed by atoms with Crippen molar-refractivity contribution in [3.63, 3.8) is 0 Å². The summed E-state index contributed by atoms with van der Waals surface area (Å²) in [5.41, 5.74) is 0.430. The Morgan fingerprint density at radius 3 is 2.71 bits per heavy atom. The number of rotatable bonds is 4. The van der Waals surface area contributed by atoms with Crippen molar-refractivity contribution < 1.29 is 18.6 Å². The Morgan fingerprint density at radius 2 is 1.88 bits per heavy atom. The number of anilines is 1. The second kappa shape index (κ2) is 8.32. The van der Waals surface area contributed by atoms with Gasteiger partial charge in [-0.1, -0.05) is 0 Å². The zero-order chi connectivity index (χ0) is 23.2. The van der Waals surface area contributed by atoms with E-state index < -0.39 is 5.82 Å². The van der Waals surface area contributed by atoms with Gasteiger partial charge in [0.2, 0.25) is 0 Å². The van der Waals surface area contributed by atoms with Gasteiger partial charge in [-0.3, -0.25) is 9.36 Å². The van der Waals surface area contributed by atoms with Crippen molar-refractivity contribution in [1.82, 2.24) is 14.5 Å². The number of nitrogens with zero attached hydrogens (tertiary/aromatic N) is 4. The molecule has 1 fully saturated rings. The first-order chi connectivity index (χ1) is 16.6. The Kier molecular flexibility index (Phi) is 5.13. The van der Waals surface area contributed by atoms with Crippen molar-refractivity contribution in [1.29, 1.82) is 0 Å². The number of hydrogen-bond donors (Lipinski definition) is 0. The zero-order valence-electron chi connectivity index (χ0n) is 18.8. The summed E-state index contributed by atoms with van der Waals surface area (Å²) >= 11 is 0. The fraction of sp³-hybridized carbons (Fsp3) is 0.360. The fourth-order valence-electron chi connectivity index (χ4n) is 5.15. The molecule has 3 aromatic rings. The van der Waals surface area contributed by atoms with E-state index in [1.807, 2.05) is 6.07 Å². The summed E-state index contributed by atoms with van der Waals surface area (Å²) in [5.74, 6) is 1.85. The summed E-state index contributed by atoms with van der Waals surface area (Å²) in [7, 11) is 2.05. The van der Waals surface area contributed by atoms with E-state index >= 15 is 0 Å². The highest BCUT2D eigenvalue weighted by atomic mass is 19.1. The zero-order valence-corrected chi connectivity index (χ0v) is 18.8. The molecule has 3 aliphatic heterocycles. The SMILES string of the molecule is CN(c1cc2c(cn1)OC=CO2)C1CCN(CC2COc3c(F)ccc4ccc(=O)n2c34)CC1. The number of fused-ring (bicyclic) bond motifs is 1. The highest BCUT2D eigenvalue weighted by Gasteiger charge is 2.30. The summed E-state index contributed by atoms with van der Waals surface area (Å²) in [6, 6.07) is 8.44. The van der Waals surface area contributed by atoms with Crippen molar-refractivity contribution in [3.05, 3.63) is 65.2 Å². The molecule has 5 heterocycles. The molecule has 34 heavy (non-hydrogen) atoms. The third-order valence-corrected chi connectivity index (χ3v) is 6.98. The molecule has 0 radical (unpaired) electrons. The maximum absolute atomic E-state index is 14.3. The van der Waals surface area contributed by atoms with Crippen LogP contribution in [0.25, 0.3) is 10.9 Å². The van der Waals surface area contributed by atoms with Crippen molar-refractivity contribution >= 4 is 16.7 Å². The van der Waals surface area contributed by atoms with Crippen LogP contribution in [-0.4, -0.2) is 53.8 Å². The number of benzene rings is 1. The van der Waals surface area contributed by atoms with Crippen LogP contribution < -0.4 is 24.7 Å². The minimum absolute atomic E-state index is 0.123. The van der Waals surface area contributed by atoms with Crippen LogP contribution in [0.1, 0.15) is 18.9 Å². The van der Waals surface area contributed by atoms with Crippen LogP contribution in [0.5, 0.6) is 17.2 Å². The van der Waals surface area contributed by atoms with Crippen LogP contribution in [-0.2, 0) is 0 Å². The third kappa shape index (κ3) is 3.56. The number of halogens is 1. The van der Waals surface area contributed by atoms with Crippen LogP contribution in [0, 0.1) is 5.82 Å².